The van der Waals surface area contributed by atoms with Crippen LogP contribution in [-0.2, 0) is 6.54 Å². The van der Waals surface area contributed by atoms with E-state index >= 15 is 0 Å². The summed E-state index contributed by atoms with van der Waals surface area (Å²) in [4.78, 5) is 15.5. The Labute approximate surface area is 106 Å². The largest absolute Gasteiger partial charge is 0.478 e. The topological polar surface area (TPSA) is 55.1 Å². The van der Waals surface area contributed by atoms with E-state index in [1.807, 2.05) is 43.5 Å². The Morgan fingerprint density at radius 2 is 2.06 bits per heavy atom. The van der Waals surface area contributed by atoms with Gasteiger partial charge in [-0.15, -0.1) is 0 Å². The van der Waals surface area contributed by atoms with Crippen LogP contribution in [0.1, 0.15) is 33.1 Å². The van der Waals surface area contributed by atoms with Gasteiger partial charge in [0.05, 0.1) is 17.8 Å². The first-order chi connectivity index (χ1) is 8.49. The fourth-order valence-electron chi connectivity index (χ4n) is 2.11. The maximum atomic E-state index is 11.1. The van der Waals surface area contributed by atoms with Crippen LogP contribution in [0.5, 0.6) is 0 Å². The Morgan fingerprint density at radius 1 is 1.33 bits per heavy atom. The van der Waals surface area contributed by atoms with Gasteiger partial charge in [-0.05, 0) is 39.0 Å². The number of aromatic nitrogens is 2. The summed E-state index contributed by atoms with van der Waals surface area (Å²) in [7, 11) is 0. The number of carboxylic acids is 1. The summed E-state index contributed by atoms with van der Waals surface area (Å²) in [5.41, 5.74) is 3.97. The van der Waals surface area contributed by atoms with Crippen LogP contribution in [0, 0.1) is 20.8 Å². The van der Waals surface area contributed by atoms with Crippen molar-refractivity contribution >= 4 is 5.97 Å². The predicted octanol–water partition coefficient (Wildman–Crippen LogP) is 2.55. The highest BCUT2D eigenvalue weighted by atomic mass is 16.4. The minimum atomic E-state index is -0.883. The fraction of sp³-hybridized carbons (Fsp3) is 0.286. The SMILES string of the molecule is Cc1cccc(Cn2c(C)cc(C(=O)O)c2C)n1. The number of carbonyl (C=O) groups is 1. The molecule has 2 heterocycles. The zero-order chi connectivity index (χ0) is 13.3. The maximum Gasteiger partial charge on any atom is 0.337 e. The molecule has 2 aromatic heterocycles. The molecule has 94 valence electrons. The molecule has 2 aromatic rings. The van der Waals surface area contributed by atoms with Gasteiger partial charge in [-0.1, -0.05) is 6.07 Å². The van der Waals surface area contributed by atoms with Gasteiger partial charge in [-0.3, -0.25) is 4.98 Å². The van der Waals surface area contributed by atoms with Crippen molar-refractivity contribution in [3.63, 3.8) is 0 Å². The van der Waals surface area contributed by atoms with Crippen molar-refractivity contribution in [2.75, 3.05) is 0 Å². The second-order valence-electron chi connectivity index (χ2n) is 4.45. The molecule has 4 heteroatoms. The molecule has 0 aliphatic carbocycles. The Balaban J connectivity index is 2.38. The molecule has 0 amide bonds. The zero-order valence-electron chi connectivity index (χ0n) is 10.8. The van der Waals surface area contributed by atoms with Gasteiger partial charge in [0.15, 0.2) is 0 Å². The number of hydrogen-bond acceptors (Lipinski definition) is 2. The van der Waals surface area contributed by atoms with E-state index in [0.29, 0.717) is 12.1 Å². The summed E-state index contributed by atoms with van der Waals surface area (Å²) in [5.74, 6) is -0.883. The van der Waals surface area contributed by atoms with Gasteiger partial charge in [-0.25, -0.2) is 4.79 Å². The van der Waals surface area contributed by atoms with Crippen LogP contribution in [0.25, 0.3) is 0 Å². The van der Waals surface area contributed by atoms with Crippen molar-refractivity contribution in [2.45, 2.75) is 27.3 Å². The van der Waals surface area contributed by atoms with E-state index in [-0.39, 0.29) is 0 Å². The standard InChI is InChI=1S/C14H16N2O2/c1-9-5-4-6-12(15-9)8-16-10(2)7-13(11(16)3)14(17)18/h4-7H,8H2,1-3H3,(H,17,18). The van der Waals surface area contributed by atoms with E-state index in [9.17, 15) is 4.79 Å². The number of pyridine rings is 1. The van der Waals surface area contributed by atoms with Crippen LogP contribution in [0.3, 0.4) is 0 Å². The molecular formula is C14H16N2O2. The minimum absolute atomic E-state index is 0.361. The van der Waals surface area contributed by atoms with Crippen molar-refractivity contribution in [3.05, 3.63) is 52.6 Å². The number of aromatic carboxylic acids is 1. The summed E-state index contributed by atoms with van der Waals surface area (Å²) in [6.07, 6.45) is 0. The molecule has 0 fully saturated rings. The summed E-state index contributed by atoms with van der Waals surface area (Å²) >= 11 is 0. The lowest BCUT2D eigenvalue weighted by Crippen LogP contribution is -2.07. The molecule has 0 aliphatic heterocycles. The number of aryl methyl sites for hydroxylation is 2. The molecule has 0 aliphatic rings. The van der Waals surface area contributed by atoms with Crippen LogP contribution in [-0.4, -0.2) is 20.6 Å². The monoisotopic (exact) mass is 244 g/mol. The average Bonchev–Trinajstić information content (AvgIpc) is 2.57. The highest BCUT2D eigenvalue weighted by Gasteiger charge is 2.14. The van der Waals surface area contributed by atoms with Gasteiger partial charge < -0.3 is 9.67 Å². The zero-order valence-corrected chi connectivity index (χ0v) is 10.8. The van der Waals surface area contributed by atoms with Gasteiger partial charge in [0, 0.05) is 17.1 Å². The van der Waals surface area contributed by atoms with Gasteiger partial charge in [0.2, 0.25) is 0 Å². The van der Waals surface area contributed by atoms with Crippen LogP contribution in [0.2, 0.25) is 0 Å². The lowest BCUT2D eigenvalue weighted by Gasteiger charge is -2.09. The Kier molecular flexibility index (Phi) is 3.19. The third kappa shape index (κ3) is 2.27. The third-order valence-corrected chi connectivity index (χ3v) is 3.07. The van der Waals surface area contributed by atoms with Crippen molar-refractivity contribution in [1.82, 2.24) is 9.55 Å². The van der Waals surface area contributed by atoms with Crippen molar-refractivity contribution < 1.29 is 9.90 Å². The molecule has 18 heavy (non-hydrogen) atoms. The Bertz CT molecular complexity index is 600. The number of nitrogens with zero attached hydrogens (tertiary/aromatic N) is 2. The predicted molar refractivity (Wildman–Crippen MR) is 68.9 cm³/mol. The number of carboxylic acid groups (broad SMARTS) is 1. The summed E-state index contributed by atoms with van der Waals surface area (Å²) in [6.45, 7) is 6.29. The molecule has 0 bridgehead atoms. The van der Waals surface area contributed by atoms with Crippen molar-refractivity contribution in [1.29, 1.82) is 0 Å². The molecule has 0 unspecified atom stereocenters. The molecular weight excluding hydrogens is 228 g/mol. The van der Waals surface area contributed by atoms with Crippen LogP contribution in [0.15, 0.2) is 24.3 Å². The molecule has 4 nitrogen and oxygen atoms in total. The number of hydrogen-bond donors (Lipinski definition) is 1. The van der Waals surface area contributed by atoms with E-state index in [0.717, 1.165) is 22.8 Å². The minimum Gasteiger partial charge on any atom is -0.478 e. The lowest BCUT2D eigenvalue weighted by atomic mass is 10.2. The highest BCUT2D eigenvalue weighted by Crippen LogP contribution is 2.16. The highest BCUT2D eigenvalue weighted by molar-refractivity contribution is 5.89. The quantitative estimate of drug-likeness (QED) is 0.902. The molecule has 1 N–H and O–H groups in total. The first-order valence-corrected chi connectivity index (χ1v) is 5.81. The normalized spacial score (nSPS) is 10.6. The second kappa shape index (κ2) is 4.64. The molecule has 0 aromatic carbocycles. The molecule has 0 spiro atoms. The average molecular weight is 244 g/mol. The molecule has 0 saturated heterocycles. The van der Waals surface area contributed by atoms with Crippen LogP contribution >= 0.6 is 0 Å². The van der Waals surface area contributed by atoms with E-state index < -0.39 is 5.97 Å². The van der Waals surface area contributed by atoms with E-state index in [4.69, 9.17) is 5.11 Å². The molecule has 0 atom stereocenters. The van der Waals surface area contributed by atoms with Crippen molar-refractivity contribution in [2.24, 2.45) is 0 Å². The molecule has 0 radical (unpaired) electrons. The van der Waals surface area contributed by atoms with Gasteiger partial charge >= 0.3 is 5.97 Å². The van der Waals surface area contributed by atoms with Gasteiger partial charge in [-0.2, -0.15) is 0 Å². The first kappa shape index (κ1) is 12.4. The second-order valence-corrected chi connectivity index (χ2v) is 4.45. The Morgan fingerprint density at radius 3 is 2.61 bits per heavy atom. The molecule has 2 rings (SSSR count). The Hall–Kier alpha value is -2.10. The summed E-state index contributed by atoms with van der Waals surface area (Å²) in [6, 6.07) is 7.56. The van der Waals surface area contributed by atoms with E-state index in [1.54, 1.807) is 6.07 Å². The maximum absolute atomic E-state index is 11.1. The number of rotatable bonds is 3. The first-order valence-electron chi connectivity index (χ1n) is 5.81. The van der Waals surface area contributed by atoms with Crippen molar-refractivity contribution in [3.8, 4) is 0 Å². The van der Waals surface area contributed by atoms with E-state index in [1.165, 1.54) is 0 Å². The van der Waals surface area contributed by atoms with Crippen LogP contribution in [0.4, 0.5) is 0 Å². The third-order valence-electron chi connectivity index (χ3n) is 3.07. The molecule has 0 saturated carbocycles. The van der Waals surface area contributed by atoms with Gasteiger partial charge in [0.1, 0.15) is 0 Å². The smallest absolute Gasteiger partial charge is 0.337 e. The van der Waals surface area contributed by atoms with Gasteiger partial charge in [0.25, 0.3) is 0 Å². The summed E-state index contributed by atoms with van der Waals surface area (Å²) in [5, 5.41) is 9.08. The fourth-order valence-corrected chi connectivity index (χ4v) is 2.11. The van der Waals surface area contributed by atoms with Crippen LogP contribution < -0.4 is 0 Å². The van der Waals surface area contributed by atoms with E-state index in [2.05, 4.69) is 4.98 Å². The summed E-state index contributed by atoms with van der Waals surface area (Å²) < 4.78 is 1.98. The lowest BCUT2D eigenvalue weighted by molar-refractivity contribution is 0.0696.